The molecule has 0 aliphatic carbocycles. The average Bonchev–Trinajstić information content (AvgIpc) is 2.31. The molecule has 0 aliphatic heterocycles. The van der Waals surface area contributed by atoms with Crippen molar-refractivity contribution in [2.75, 3.05) is 0 Å². The van der Waals surface area contributed by atoms with Crippen molar-refractivity contribution in [3.8, 4) is 5.88 Å². The van der Waals surface area contributed by atoms with Gasteiger partial charge in [0.25, 0.3) is 5.56 Å². The van der Waals surface area contributed by atoms with Gasteiger partial charge in [0.1, 0.15) is 5.82 Å². The Bertz CT molecular complexity index is 653. The van der Waals surface area contributed by atoms with E-state index in [2.05, 4.69) is 9.97 Å². The van der Waals surface area contributed by atoms with Gasteiger partial charge in [0.05, 0.1) is 15.6 Å². The topological polar surface area (TPSA) is 66.0 Å². The minimum absolute atomic E-state index is 0.202. The molecule has 1 aromatic heterocycles. The highest BCUT2D eigenvalue weighted by Crippen LogP contribution is 2.23. The lowest BCUT2D eigenvalue weighted by Gasteiger charge is -2.04. The highest BCUT2D eigenvalue weighted by atomic mass is 35.5. The summed E-state index contributed by atoms with van der Waals surface area (Å²) in [4.78, 5) is 18.0. The summed E-state index contributed by atoms with van der Waals surface area (Å²) in [6.07, 6.45) is 0.361. The van der Waals surface area contributed by atoms with Crippen LogP contribution in [-0.2, 0) is 6.42 Å². The van der Waals surface area contributed by atoms with Crippen molar-refractivity contribution in [1.82, 2.24) is 9.97 Å². The Labute approximate surface area is 113 Å². The molecule has 18 heavy (non-hydrogen) atoms. The number of nitrogens with zero attached hydrogens (tertiary/aromatic N) is 1. The number of hydrogen-bond donors (Lipinski definition) is 2. The Hall–Kier alpha value is -1.52. The Morgan fingerprint density at radius 2 is 2.06 bits per heavy atom. The normalized spacial score (nSPS) is 10.6. The minimum atomic E-state index is -0.349. The second-order valence-electron chi connectivity index (χ2n) is 3.89. The van der Waals surface area contributed by atoms with E-state index in [1.54, 1.807) is 18.2 Å². The maximum Gasteiger partial charge on any atom is 0.257 e. The molecule has 0 fully saturated rings. The molecular weight excluding hydrogens is 275 g/mol. The van der Waals surface area contributed by atoms with E-state index in [4.69, 9.17) is 23.2 Å². The summed E-state index contributed by atoms with van der Waals surface area (Å²) in [5.41, 5.74) is 0.696. The second-order valence-corrected chi connectivity index (χ2v) is 4.70. The third-order valence-corrected chi connectivity index (χ3v) is 3.27. The van der Waals surface area contributed by atoms with E-state index in [-0.39, 0.29) is 17.0 Å². The SMILES string of the molecule is Cc1c(O)nc(Cc2ccc(Cl)c(Cl)c2)[nH]c1=O. The molecule has 0 saturated heterocycles. The maximum absolute atomic E-state index is 11.5. The Kier molecular flexibility index (Phi) is 3.59. The zero-order chi connectivity index (χ0) is 13.3. The van der Waals surface area contributed by atoms with Crippen molar-refractivity contribution in [1.29, 1.82) is 0 Å². The molecule has 0 radical (unpaired) electrons. The van der Waals surface area contributed by atoms with Crippen molar-refractivity contribution in [3.05, 3.63) is 55.5 Å². The molecule has 94 valence electrons. The molecule has 2 rings (SSSR count). The van der Waals surface area contributed by atoms with Crippen LogP contribution in [0.5, 0.6) is 5.88 Å². The van der Waals surface area contributed by atoms with Crippen molar-refractivity contribution in [2.24, 2.45) is 0 Å². The van der Waals surface area contributed by atoms with Crippen molar-refractivity contribution in [3.63, 3.8) is 0 Å². The fraction of sp³-hybridized carbons (Fsp3) is 0.167. The largest absolute Gasteiger partial charge is 0.493 e. The molecule has 0 unspecified atom stereocenters. The van der Waals surface area contributed by atoms with Crippen molar-refractivity contribution >= 4 is 23.2 Å². The summed E-state index contributed by atoms with van der Waals surface area (Å²) in [5, 5.41) is 10.4. The molecule has 2 aromatic rings. The van der Waals surface area contributed by atoms with Crippen LogP contribution in [0.25, 0.3) is 0 Å². The fourth-order valence-electron chi connectivity index (χ4n) is 1.49. The Balaban J connectivity index is 2.34. The first kappa shape index (κ1) is 12.9. The fourth-order valence-corrected chi connectivity index (χ4v) is 1.81. The third kappa shape index (κ3) is 2.66. The number of halogens is 2. The molecule has 6 heteroatoms. The molecule has 4 nitrogen and oxygen atoms in total. The minimum Gasteiger partial charge on any atom is -0.493 e. The summed E-state index contributed by atoms with van der Waals surface area (Å²) in [6, 6.07) is 5.15. The maximum atomic E-state index is 11.5. The van der Waals surface area contributed by atoms with E-state index in [9.17, 15) is 9.90 Å². The average molecular weight is 285 g/mol. The molecule has 1 aromatic carbocycles. The standard InChI is InChI=1S/C12H10Cl2N2O2/c1-6-11(17)15-10(16-12(6)18)5-7-2-3-8(13)9(14)4-7/h2-4H,5H2,1H3,(H2,15,16,17,18). The second kappa shape index (κ2) is 5.00. The quantitative estimate of drug-likeness (QED) is 0.891. The van der Waals surface area contributed by atoms with Gasteiger partial charge in [0.15, 0.2) is 0 Å². The molecule has 0 saturated carbocycles. The Morgan fingerprint density at radius 1 is 1.33 bits per heavy atom. The molecule has 0 spiro atoms. The molecule has 0 aliphatic rings. The summed E-state index contributed by atoms with van der Waals surface area (Å²) in [5.74, 6) is 0.121. The van der Waals surface area contributed by atoms with Crippen LogP contribution in [0.2, 0.25) is 10.0 Å². The van der Waals surface area contributed by atoms with Crippen LogP contribution >= 0.6 is 23.2 Å². The number of rotatable bonds is 2. The van der Waals surface area contributed by atoms with Crippen LogP contribution < -0.4 is 5.56 Å². The van der Waals surface area contributed by atoms with Crippen LogP contribution in [0, 0.1) is 6.92 Å². The van der Waals surface area contributed by atoms with Gasteiger partial charge in [-0.2, -0.15) is 4.98 Å². The number of aromatic nitrogens is 2. The monoisotopic (exact) mass is 284 g/mol. The molecule has 1 heterocycles. The molecule has 0 atom stereocenters. The summed E-state index contributed by atoms with van der Waals surface area (Å²) >= 11 is 11.7. The van der Waals surface area contributed by atoms with Crippen LogP contribution in [0.15, 0.2) is 23.0 Å². The number of H-pyrrole nitrogens is 1. The van der Waals surface area contributed by atoms with Crippen LogP contribution in [0.1, 0.15) is 17.0 Å². The predicted octanol–water partition coefficient (Wildman–Crippen LogP) is 2.68. The van der Waals surface area contributed by atoms with Crippen LogP contribution in [0.3, 0.4) is 0 Å². The zero-order valence-corrected chi connectivity index (χ0v) is 11.0. The van der Waals surface area contributed by atoms with Gasteiger partial charge in [-0.1, -0.05) is 29.3 Å². The van der Waals surface area contributed by atoms with Gasteiger partial charge in [-0.3, -0.25) is 4.79 Å². The van der Waals surface area contributed by atoms with Gasteiger partial charge >= 0.3 is 0 Å². The highest BCUT2D eigenvalue weighted by Gasteiger charge is 2.07. The van der Waals surface area contributed by atoms with Crippen molar-refractivity contribution in [2.45, 2.75) is 13.3 Å². The van der Waals surface area contributed by atoms with Crippen LogP contribution in [0.4, 0.5) is 0 Å². The highest BCUT2D eigenvalue weighted by molar-refractivity contribution is 6.42. The van der Waals surface area contributed by atoms with Gasteiger partial charge in [-0.05, 0) is 24.6 Å². The first-order valence-corrected chi connectivity index (χ1v) is 5.95. The number of nitrogens with one attached hydrogen (secondary N) is 1. The summed E-state index contributed by atoms with van der Waals surface area (Å²) in [6.45, 7) is 1.50. The molecule has 0 amide bonds. The first-order chi connectivity index (χ1) is 8.47. The predicted molar refractivity (Wildman–Crippen MR) is 70.5 cm³/mol. The van der Waals surface area contributed by atoms with Gasteiger partial charge < -0.3 is 10.1 Å². The summed E-state index contributed by atoms with van der Waals surface area (Å²) < 4.78 is 0. The van der Waals surface area contributed by atoms with E-state index in [0.29, 0.717) is 22.3 Å². The smallest absolute Gasteiger partial charge is 0.257 e. The van der Waals surface area contributed by atoms with Gasteiger partial charge in [0, 0.05) is 6.42 Å². The van der Waals surface area contributed by atoms with Gasteiger partial charge in [-0.15, -0.1) is 0 Å². The molecule has 0 bridgehead atoms. The number of hydrogen-bond acceptors (Lipinski definition) is 3. The van der Waals surface area contributed by atoms with Gasteiger partial charge in [0.2, 0.25) is 5.88 Å². The number of aromatic amines is 1. The van der Waals surface area contributed by atoms with E-state index in [1.807, 2.05) is 0 Å². The lowest BCUT2D eigenvalue weighted by atomic mass is 10.1. The molecule has 2 N–H and O–H groups in total. The van der Waals surface area contributed by atoms with Gasteiger partial charge in [-0.25, -0.2) is 0 Å². The zero-order valence-electron chi connectivity index (χ0n) is 9.50. The van der Waals surface area contributed by atoms with Crippen molar-refractivity contribution < 1.29 is 5.11 Å². The third-order valence-electron chi connectivity index (χ3n) is 2.53. The first-order valence-electron chi connectivity index (χ1n) is 5.20. The molecular formula is C12H10Cl2N2O2. The Morgan fingerprint density at radius 3 is 2.67 bits per heavy atom. The van der Waals surface area contributed by atoms with Crippen LogP contribution in [-0.4, -0.2) is 15.1 Å². The van der Waals surface area contributed by atoms with E-state index in [0.717, 1.165) is 5.56 Å². The van der Waals surface area contributed by atoms with E-state index in [1.165, 1.54) is 6.92 Å². The summed E-state index contributed by atoms with van der Waals surface area (Å²) in [7, 11) is 0. The number of aromatic hydroxyl groups is 1. The van der Waals surface area contributed by atoms with E-state index >= 15 is 0 Å². The number of benzene rings is 1. The van der Waals surface area contributed by atoms with E-state index < -0.39 is 0 Å². The lowest BCUT2D eigenvalue weighted by Crippen LogP contribution is -2.14. The lowest BCUT2D eigenvalue weighted by molar-refractivity contribution is 0.443.